The number of carbonyl (C=O) groups excluding carboxylic acids is 1. The molecule has 2 aliphatic heterocycles. The minimum absolute atomic E-state index is 0.0222. The van der Waals surface area contributed by atoms with Crippen molar-refractivity contribution in [2.45, 2.75) is 50.6 Å². The first kappa shape index (κ1) is 24.8. The highest BCUT2D eigenvalue weighted by atomic mass is 19.1. The molecule has 2 aromatic carbocycles. The van der Waals surface area contributed by atoms with Crippen molar-refractivity contribution >= 4 is 11.9 Å². The minimum Gasteiger partial charge on any atom is -0.481 e. The van der Waals surface area contributed by atoms with Gasteiger partial charge in [-0.25, -0.2) is 8.78 Å². The quantitative estimate of drug-likeness (QED) is 0.536. The smallest absolute Gasteiger partial charge is 0.311 e. The van der Waals surface area contributed by atoms with Crippen LogP contribution in [0.25, 0.3) is 0 Å². The van der Waals surface area contributed by atoms with Gasteiger partial charge in [-0.2, -0.15) is 5.10 Å². The molecule has 0 radical (unpaired) electrons. The lowest BCUT2D eigenvalue weighted by atomic mass is 9.79. The molecule has 1 saturated heterocycles. The average Bonchev–Trinajstić information content (AvgIpc) is 3.34. The Morgan fingerprint density at radius 2 is 1.57 bits per heavy atom. The van der Waals surface area contributed by atoms with Crippen molar-refractivity contribution < 1.29 is 23.5 Å². The summed E-state index contributed by atoms with van der Waals surface area (Å²) in [5, 5.41) is 14.4. The van der Waals surface area contributed by atoms with Crippen molar-refractivity contribution in [3.63, 3.8) is 0 Å². The normalized spacial score (nSPS) is 19.7. The minimum atomic E-state index is -1.20. The number of hydrogen-bond donors (Lipinski definition) is 1. The van der Waals surface area contributed by atoms with Crippen LogP contribution >= 0.6 is 0 Å². The van der Waals surface area contributed by atoms with Gasteiger partial charge in [-0.1, -0.05) is 38.1 Å². The van der Waals surface area contributed by atoms with Gasteiger partial charge in [-0.3, -0.25) is 19.1 Å². The molecule has 1 fully saturated rings. The fourth-order valence-electron chi connectivity index (χ4n) is 5.95. The lowest BCUT2D eigenvalue weighted by Gasteiger charge is -2.43. The third-order valence-electron chi connectivity index (χ3n) is 7.53. The van der Waals surface area contributed by atoms with E-state index in [1.54, 1.807) is 43.0 Å². The molecule has 1 amide bonds. The van der Waals surface area contributed by atoms with Crippen LogP contribution in [0.1, 0.15) is 71.7 Å². The predicted molar refractivity (Wildman–Crippen MR) is 131 cm³/mol. The van der Waals surface area contributed by atoms with E-state index in [-0.39, 0.29) is 17.3 Å². The second-order valence-electron chi connectivity index (χ2n) is 10.1. The topological polar surface area (TPSA) is 92.5 Å². The molecule has 3 aromatic rings. The maximum Gasteiger partial charge on any atom is 0.311 e. The molecule has 9 heteroatoms. The second kappa shape index (κ2) is 9.53. The zero-order valence-corrected chi connectivity index (χ0v) is 20.5. The average molecular weight is 508 g/mol. The Balaban J connectivity index is 1.80. The number of fused-ring (bicyclic) bond motifs is 2. The summed E-state index contributed by atoms with van der Waals surface area (Å²) in [7, 11) is 0. The van der Waals surface area contributed by atoms with E-state index < -0.39 is 52.7 Å². The molecule has 7 nitrogen and oxygen atoms in total. The summed E-state index contributed by atoms with van der Waals surface area (Å²) in [5.41, 5.74) is 0.759. The van der Waals surface area contributed by atoms with Crippen molar-refractivity contribution in [2.75, 3.05) is 6.54 Å². The first-order valence-electron chi connectivity index (χ1n) is 12.4. The molecule has 3 heterocycles. The first-order valence-corrected chi connectivity index (χ1v) is 12.4. The third-order valence-corrected chi connectivity index (χ3v) is 7.53. The molecule has 1 N–H and O–H groups in total. The molecule has 5 rings (SSSR count). The highest BCUT2D eigenvalue weighted by Gasteiger charge is 2.49. The highest BCUT2D eigenvalue weighted by Crippen LogP contribution is 2.46. The van der Waals surface area contributed by atoms with Crippen LogP contribution < -0.4 is 5.43 Å². The van der Waals surface area contributed by atoms with Crippen molar-refractivity contribution in [1.82, 2.24) is 14.7 Å². The van der Waals surface area contributed by atoms with Crippen LogP contribution in [0.5, 0.6) is 0 Å². The molecule has 192 valence electrons. The molecular weight excluding hydrogens is 480 g/mol. The molecule has 0 bridgehead atoms. The van der Waals surface area contributed by atoms with Crippen molar-refractivity contribution in [3.05, 3.63) is 99.0 Å². The number of amides is 1. The van der Waals surface area contributed by atoms with Gasteiger partial charge in [0.15, 0.2) is 0 Å². The number of aromatic nitrogens is 2. The molecular formula is C28H27F2N3O4. The summed E-state index contributed by atoms with van der Waals surface area (Å²) in [6.45, 7) is 3.85. The van der Waals surface area contributed by atoms with E-state index in [0.717, 1.165) is 23.7 Å². The molecule has 0 aliphatic carbocycles. The molecule has 0 saturated carbocycles. The van der Waals surface area contributed by atoms with Gasteiger partial charge in [-0.05, 0) is 54.2 Å². The molecule has 1 unspecified atom stereocenters. The summed E-state index contributed by atoms with van der Waals surface area (Å²) in [5.74, 6) is -4.56. The largest absolute Gasteiger partial charge is 0.481 e. The summed E-state index contributed by atoms with van der Waals surface area (Å²) < 4.78 is 29.3. The third kappa shape index (κ3) is 4.22. The van der Waals surface area contributed by atoms with Crippen molar-refractivity contribution in [3.8, 4) is 0 Å². The summed E-state index contributed by atoms with van der Waals surface area (Å²) in [6, 6.07) is 11.1. The van der Waals surface area contributed by atoms with Gasteiger partial charge in [0, 0.05) is 18.0 Å². The number of carboxylic acids is 1. The van der Waals surface area contributed by atoms with Crippen LogP contribution in [0, 0.1) is 17.6 Å². The lowest BCUT2D eigenvalue weighted by Crippen LogP contribution is -2.52. The molecule has 0 spiro atoms. The fraction of sp³-hybridized carbons (Fsp3) is 0.357. The monoisotopic (exact) mass is 507 g/mol. The summed E-state index contributed by atoms with van der Waals surface area (Å²) in [4.78, 5) is 40.8. The van der Waals surface area contributed by atoms with Crippen LogP contribution in [0.4, 0.5) is 8.78 Å². The number of aliphatic carboxylic acids is 1. The van der Waals surface area contributed by atoms with E-state index in [1.165, 1.54) is 28.9 Å². The standard InChI is InChI=1S/C28H27F2N3O4/c1-15(2)22(28(36)37)24-21(34)14-31-33-25(20-4-3-13-32(20)27(35)26(24)33)23(16-5-9-18(29)10-6-16)17-7-11-19(30)12-8-17/h5-12,14-15,20,22-23,25H,3-4,13H2,1-2H3,(H,36,37)/t20-,22?,25-/m1/s1. The number of carbonyl (C=O) groups is 2. The zero-order chi connectivity index (χ0) is 26.4. The fourth-order valence-corrected chi connectivity index (χ4v) is 5.95. The second-order valence-corrected chi connectivity index (χ2v) is 10.1. The van der Waals surface area contributed by atoms with Gasteiger partial charge in [-0.15, -0.1) is 0 Å². The van der Waals surface area contributed by atoms with Crippen molar-refractivity contribution in [2.24, 2.45) is 5.92 Å². The van der Waals surface area contributed by atoms with Crippen LogP contribution in [0.3, 0.4) is 0 Å². The summed E-state index contributed by atoms with van der Waals surface area (Å²) >= 11 is 0. The van der Waals surface area contributed by atoms with E-state index in [1.807, 2.05) is 0 Å². The SMILES string of the molecule is CC(C)C(C(=O)O)c1c2n(ncc1=O)[C@@H](C(c1ccc(F)cc1)c1ccc(F)cc1)[C@H]1CCCN1C2=O. The summed E-state index contributed by atoms with van der Waals surface area (Å²) in [6.07, 6.45) is 2.48. The maximum absolute atomic E-state index is 13.9. The van der Waals surface area contributed by atoms with Gasteiger partial charge in [0.05, 0.1) is 24.2 Å². The van der Waals surface area contributed by atoms with E-state index >= 15 is 0 Å². The predicted octanol–water partition coefficient (Wildman–Crippen LogP) is 4.34. The Hall–Kier alpha value is -3.88. The molecule has 1 aromatic heterocycles. The van der Waals surface area contributed by atoms with Gasteiger partial charge < -0.3 is 10.0 Å². The number of rotatable bonds is 6. The van der Waals surface area contributed by atoms with Crippen LogP contribution in [0.15, 0.2) is 59.5 Å². The van der Waals surface area contributed by atoms with Gasteiger partial charge in [0.2, 0.25) is 5.43 Å². The number of benzene rings is 2. The highest BCUT2D eigenvalue weighted by molar-refractivity contribution is 5.97. The van der Waals surface area contributed by atoms with Crippen LogP contribution in [-0.4, -0.2) is 44.3 Å². The Labute approximate surface area is 212 Å². The van der Waals surface area contributed by atoms with Gasteiger partial charge in [0.25, 0.3) is 5.91 Å². The van der Waals surface area contributed by atoms with Crippen LogP contribution in [0.2, 0.25) is 0 Å². The zero-order valence-electron chi connectivity index (χ0n) is 20.5. The molecule has 3 atom stereocenters. The van der Waals surface area contributed by atoms with E-state index in [0.29, 0.717) is 13.0 Å². The first-order chi connectivity index (χ1) is 17.7. The lowest BCUT2D eigenvalue weighted by molar-refractivity contribution is -0.139. The Bertz CT molecular complexity index is 1360. The number of carboxylic acid groups (broad SMARTS) is 1. The number of nitrogens with zero attached hydrogens (tertiary/aromatic N) is 3. The van der Waals surface area contributed by atoms with Crippen LogP contribution in [-0.2, 0) is 4.79 Å². The maximum atomic E-state index is 13.9. The van der Waals surface area contributed by atoms with Gasteiger partial charge >= 0.3 is 5.97 Å². The number of halogens is 2. The van der Waals surface area contributed by atoms with E-state index in [9.17, 15) is 28.3 Å². The number of hydrogen-bond acceptors (Lipinski definition) is 4. The van der Waals surface area contributed by atoms with E-state index in [2.05, 4.69) is 5.10 Å². The molecule has 37 heavy (non-hydrogen) atoms. The molecule has 2 aliphatic rings. The van der Waals surface area contributed by atoms with E-state index in [4.69, 9.17) is 0 Å². The van der Waals surface area contributed by atoms with Crippen molar-refractivity contribution in [1.29, 1.82) is 0 Å². The Kier molecular flexibility index (Phi) is 6.39. The Morgan fingerprint density at radius 3 is 2.08 bits per heavy atom. The Morgan fingerprint density at radius 1 is 1.00 bits per heavy atom. The van der Waals surface area contributed by atoms with Gasteiger partial charge in [0.1, 0.15) is 17.3 Å².